The lowest BCUT2D eigenvalue weighted by Gasteiger charge is -2.37. The van der Waals surface area contributed by atoms with Crippen LogP contribution in [0, 0.1) is 0 Å². The molecule has 3 fully saturated rings. The van der Waals surface area contributed by atoms with E-state index in [0.29, 0.717) is 0 Å². The molecule has 0 atom stereocenters. The Hall–Kier alpha value is -2.68. The summed E-state index contributed by atoms with van der Waals surface area (Å²) >= 11 is 0. The van der Waals surface area contributed by atoms with Gasteiger partial charge in [-0.1, -0.05) is 0 Å². The fraction of sp³-hybridized carbons (Fsp3) is 0.619. The maximum absolute atomic E-state index is 5.45. The van der Waals surface area contributed by atoms with E-state index in [-0.39, 0.29) is 0 Å². The largest absolute Gasteiger partial charge is 0.378 e. The molecule has 30 heavy (non-hydrogen) atoms. The maximum Gasteiger partial charge on any atom is 0.134 e. The van der Waals surface area contributed by atoms with E-state index in [1.165, 1.54) is 19.3 Å². The van der Waals surface area contributed by atoms with Gasteiger partial charge in [0.1, 0.15) is 35.9 Å². The second-order valence-electron chi connectivity index (χ2n) is 8.09. The first kappa shape index (κ1) is 19.3. The second kappa shape index (κ2) is 8.99. The van der Waals surface area contributed by atoms with Gasteiger partial charge in [-0.25, -0.2) is 19.9 Å². The third-order valence-electron chi connectivity index (χ3n) is 6.22. The van der Waals surface area contributed by atoms with Crippen LogP contribution in [0.4, 0.5) is 23.3 Å². The standard InChI is InChI=1S/C21H30N8O/c1-2-4-26(5-3-1)18-14-19(23-16-22-18)27-6-8-28(9-7-27)20-15-21(25-17-24-20)29-10-12-30-13-11-29/h14-17H,1-13H2. The SMILES string of the molecule is c1nc(N2CCCCC2)cc(N2CCN(c3cc(N4CCOCC4)ncn3)CC2)n1. The molecular weight excluding hydrogens is 380 g/mol. The average Bonchev–Trinajstić information content (AvgIpc) is 2.85. The highest BCUT2D eigenvalue weighted by Gasteiger charge is 2.22. The Morgan fingerprint density at radius 2 is 0.900 bits per heavy atom. The predicted molar refractivity (Wildman–Crippen MR) is 118 cm³/mol. The van der Waals surface area contributed by atoms with Gasteiger partial charge in [-0.2, -0.15) is 0 Å². The molecular formula is C21H30N8O. The normalized spacial score (nSPS) is 20.5. The molecule has 0 N–H and O–H groups in total. The minimum atomic E-state index is 0.760. The van der Waals surface area contributed by atoms with Crippen LogP contribution in [0.15, 0.2) is 24.8 Å². The van der Waals surface area contributed by atoms with Crippen LogP contribution < -0.4 is 19.6 Å². The summed E-state index contributed by atoms with van der Waals surface area (Å²) in [5.41, 5.74) is 0. The molecule has 0 bridgehead atoms. The van der Waals surface area contributed by atoms with E-state index in [4.69, 9.17) is 4.74 Å². The van der Waals surface area contributed by atoms with Crippen LogP contribution in [0.2, 0.25) is 0 Å². The number of anilines is 4. The molecule has 3 aliphatic rings. The Morgan fingerprint density at radius 3 is 1.37 bits per heavy atom. The zero-order valence-corrected chi connectivity index (χ0v) is 17.5. The van der Waals surface area contributed by atoms with Crippen LogP contribution in [0.1, 0.15) is 19.3 Å². The Morgan fingerprint density at radius 1 is 0.500 bits per heavy atom. The molecule has 9 nitrogen and oxygen atoms in total. The lowest BCUT2D eigenvalue weighted by atomic mass is 10.1. The average molecular weight is 411 g/mol. The molecule has 0 spiro atoms. The van der Waals surface area contributed by atoms with Gasteiger partial charge < -0.3 is 24.3 Å². The maximum atomic E-state index is 5.45. The Balaban J connectivity index is 1.22. The molecule has 5 heterocycles. The molecule has 2 aromatic heterocycles. The number of nitrogens with zero attached hydrogens (tertiary/aromatic N) is 8. The van der Waals surface area contributed by atoms with Gasteiger partial charge >= 0.3 is 0 Å². The molecule has 0 amide bonds. The van der Waals surface area contributed by atoms with E-state index in [1.807, 2.05) is 0 Å². The van der Waals surface area contributed by atoms with Crippen molar-refractivity contribution in [3.8, 4) is 0 Å². The van der Waals surface area contributed by atoms with Crippen LogP contribution in [-0.4, -0.2) is 85.5 Å². The first-order valence-electron chi connectivity index (χ1n) is 11.1. The Kier molecular flexibility index (Phi) is 5.78. The molecule has 5 rings (SSSR count). The van der Waals surface area contributed by atoms with Crippen LogP contribution in [0.3, 0.4) is 0 Å². The van der Waals surface area contributed by atoms with Crippen molar-refractivity contribution >= 4 is 23.3 Å². The molecule has 0 aliphatic carbocycles. The van der Waals surface area contributed by atoms with Crippen LogP contribution in [0.25, 0.3) is 0 Å². The highest BCUT2D eigenvalue weighted by atomic mass is 16.5. The summed E-state index contributed by atoms with van der Waals surface area (Å²) in [6.45, 7) is 9.18. The van der Waals surface area contributed by atoms with Gasteiger partial charge in [-0.3, -0.25) is 0 Å². The number of hydrogen-bond acceptors (Lipinski definition) is 9. The number of rotatable bonds is 4. The molecule has 0 unspecified atom stereocenters. The van der Waals surface area contributed by atoms with Crippen molar-refractivity contribution in [1.29, 1.82) is 0 Å². The van der Waals surface area contributed by atoms with E-state index >= 15 is 0 Å². The highest BCUT2D eigenvalue weighted by molar-refractivity contribution is 5.54. The second-order valence-corrected chi connectivity index (χ2v) is 8.09. The van der Waals surface area contributed by atoms with Crippen LogP contribution >= 0.6 is 0 Å². The molecule has 2 aromatic rings. The Labute approximate surface area is 177 Å². The van der Waals surface area contributed by atoms with Crippen molar-refractivity contribution < 1.29 is 4.74 Å². The number of hydrogen-bond donors (Lipinski definition) is 0. The summed E-state index contributed by atoms with van der Waals surface area (Å²) < 4.78 is 5.45. The molecule has 0 radical (unpaired) electrons. The van der Waals surface area contributed by atoms with Gasteiger partial charge in [0, 0.05) is 64.5 Å². The van der Waals surface area contributed by atoms with Gasteiger partial charge in [0.05, 0.1) is 13.2 Å². The minimum Gasteiger partial charge on any atom is -0.378 e. The highest BCUT2D eigenvalue weighted by Crippen LogP contribution is 2.24. The van der Waals surface area contributed by atoms with E-state index in [1.54, 1.807) is 12.7 Å². The summed E-state index contributed by atoms with van der Waals surface area (Å²) in [5.74, 6) is 4.09. The van der Waals surface area contributed by atoms with E-state index < -0.39 is 0 Å². The van der Waals surface area contributed by atoms with E-state index in [0.717, 1.165) is 88.8 Å². The lowest BCUT2D eigenvalue weighted by molar-refractivity contribution is 0.122. The van der Waals surface area contributed by atoms with Gasteiger partial charge in [0.25, 0.3) is 0 Å². The third kappa shape index (κ3) is 4.26. The minimum absolute atomic E-state index is 0.760. The Bertz CT molecular complexity index is 760. The molecule has 9 heteroatoms. The number of morpholine rings is 1. The number of piperidine rings is 1. The molecule has 3 saturated heterocycles. The lowest BCUT2D eigenvalue weighted by Crippen LogP contribution is -2.47. The van der Waals surface area contributed by atoms with Crippen molar-refractivity contribution in [2.24, 2.45) is 0 Å². The van der Waals surface area contributed by atoms with Crippen molar-refractivity contribution in [2.45, 2.75) is 19.3 Å². The van der Waals surface area contributed by atoms with Crippen LogP contribution in [-0.2, 0) is 4.74 Å². The fourth-order valence-electron chi connectivity index (χ4n) is 4.45. The number of ether oxygens (including phenoxy) is 1. The smallest absolute Gasteiger partial charge is 0.134 e. The molecule has 160 valence electrons. The first-order valence-corrected chi connectivity index (χ1v) is 11.1. The summed E-state index contributed by atoms with van der Waals surface area (Å²) in [5, 5.41) is 0. The molecule has 0 saturated carbocycles. The van der Waals surface area contributed by atoms with Crippen molar-refractivity contribution in [1.82, 2.24) is 19.9 Å². The predicted octanol–water partition coefficient (Wildman–Crippen LogP) is 1.42. The van der Waals surface area contributed by atoms with Crippen molar-refractivity contribution in [3.05, 3.63) is 24.8 Å². The summed E-state index contributed by atoms with van der Waals surface area (Å²) in [7, 11) is 0. The van der Waals surface area contributed by atoms with Crippen molar-refractivity contribution in [2.75, 3.05) is 85.2 Å². The quantitative estimate of drug-likeness (QED) is 0.744. The molecule has 0 aromatic carbocycles. The third-order valence-corrected chi connectivity index (χ3v) is 6.22. The van der Waals surface area contributed by atoms with Gasteiger partial charge in [0.15, 0.2) is 0 Å². The molecule has 3 aliphatic heterocycles. The monoisotopic (exact) mass is 410 g/mol. The van der Waals surface area contributed by atoms with Crippen molar-refractivity contribution in [3.63, 3.8) is 0 Å². The summed E-state index contributed by atoms with van der Waals surface area (Å²) in [6.07, 6.45) is 7.23. The zero-order valence-electron chi connectivity index (χ0n) is 17.5. The fourth-order valence-corrected chi connectivity index (χ4v) is 4.45. The van der Waals surface area contributed by atoms with Gasteiger partial charge in [-0.15, -0.1) is 0 Å². The van der Waals surface area contributed by atoms with Crippen LogP contribution in [0.5, 0.6) is 0 Å². The van der Waals surface area contributed by atoms with E-state index in [2.05, 4.69) is 51.7 Å². The summed E-state index contributed by atoms with van der Waals surface area (Å²) in [6, 6.07) is 4.27. The summed E-state index contributed by atoms with van der Waals surface area (Å²) in [4.78, 5) is 27.4. The number of piperazine rings is 1. The van der Waals surface area contributed by atoms with Gasteiger partial charge in [-0.05, 0) is 19.3 Å². The number of aromatic nitrogens is 4. The van der Waals surface area contributed by atoms with Gasteiger partial charge in [0.2, 0.25) is 0 Å². The topological polar surface area (TPSA) is 73.8 Å². The van der Waals surface area contributed by atoms with E-state index in [9.17, 15) is 0 Å². The zero-order chi connectivity index (χ0) is 20.2. The first-order chi connectivity index (χ1) is 14.9.